The Bertz CT molecular complexity index is 1230. The maximum atomic E-state index is 13.2. The number of carbonyl (C=O) groups excluding carboxylic acids is 2. The van der Waals surface area contributed by atoms with Crippen LogP contribution in [0.3, 0.4) is 0 Å². The van der Waals surface area contributed by atoms with Gasteiger partial charge in [-0.25, -0.2) is 0 Å². The lowest BCUT2D eigenvalue weighted by Gasteiger charge is -2.38. The van der Waals surface area contributed by atoms with Crippen molar-refractivity contribution < 1.29 is 9.59 Å². The Morgan fingerprint density at radius 2 is 1.91 bits per heavy atom. The van der Waals surface area contributed by atoms with Gasteiger partial charge in [-0.2, -0.15) is 0 Å². The zero-order chi connectivity index (χ0) is 23.8. The number of likely N-dealkylation sites (tertiary alicyclic amines) is 1. The number of halogens is 1. The summed E-state index contributed by atoms with van der Waals surface area (Å²) in [5, 5.41) is 1.79. The number of nitrogens with one attached hydrogen (secondary N) is 1. The summed E-state index contributed by atoms with van der Waals surface area (Å²) in [4.78, 5) is 35.3. The van der Waals surface area contributed by atoms with Crippen molar-refractivity contribution in [2.24, 2.45) is 5.92 Å². The van der Waals surface area contributed by atoms with Crippen molar-refractivity contribution in [3.8, 4) is 0 Å². The van der Waals surface area contributed by atoms with Gasteiger partial charge in [-0.3, -0.25) is 9.59 Å². The molecule has 34 heavy (non-hydrogen) atoms. The highest BCUT2D eigenvalue weighted by Gasteiger charge is 2.37. The molecule has 7 heteroatoms. The van der Waals surface area contributed by atoms with Crippen molar-refractivity contribution >= 4 is 40.0 Å². The Morgan fingerprint density at radius 1 is 1.12 bits per heavy atom. The number of benzene rings is 2. The van der Waals surface area contributed by atoms with Gasteiger partial charge < -0.3 is 19.7 Å². The summed E-state index contributed by atoms with van der Waals surface area (Å²) in [6.45, 7) is 8.47. The standard InChI is InChI=1S/C27H31ClN4O2/c1-18-4-3-5-25(19(18)2)30-10-12-31(13-11-30)27(34)21-14-26(33)32(17-21)9-8-20-16-29-24-7-6-22(28)15-23(20)24/h3-7,15-16,21,29H,8-14,17H2,1-2H3/t21-/m1/s1. The number of hydrogen-bond donors (Lipinski definition) is 1. The summed E-state index contributed by atoms with van der Waals surface area (Å²) in [6.07, 6.45) is 3.04. The average molecular weight is 479 g/mol. The number of H-pyrrole nitrogens is 1. The van der Waals surface area contributed by atoms with Gasteiger partial charge in [0.05, 0.1) is 5.92 Å². The predicted octanol–water partition coefficient (Wildman–Crippen LogP) is 4.18. The van der Waals surface area contributed by atoms with E-state index in [2.05, 4.69) is 41.9 Å². The van der Waals surface area contributed by atoms with Crippen LogP contribution in [0.1, 0.15) is 23.1 Å². The van der Waals surface area contributed by atoms with Crippen LogP contribution in [0.2, 0.25) is 5.02 Å². The summed E-state index contributed by atoms with van der Waals surface area (Å²) < 4.78 is 0. The summed E-state index contributed by atoms with van der Waals surface area (Å²) in [6, 6.07) is 12.2. The number of fused-ring (bicyclic) bond motifs is 1. The molecule has 2 aliphatic heterocycles. The second-order valence-electron chi connectivity index (χ2n) is 9.53. The minimum absolute atomic E-state index is 0.0743. The van der Waals surface area contributed by atoms with E-state index in [0.717, 1.165) is 36.0 Å². The smallest absolute Gasteiger partial charge is 0.228 e. The van der Waals surface area contributed by atoms with Gasteiger partial charge in [0.1, 0.15) is 0 Å². The summed E-state index contributed by atoms with van der Waals surface area (Å²) >= 11 is 6.16. The number of hydrogen-bond acceptors (Lipinski definition) is 3. The second-order valence-corrected chi connectivity index (χ2v) is 9.96. The fourth-order valence-electron chi connectivity index (χ4n) is 5.27. The molecule has 0 bridgehead atoms. The van der Waals surface area contributed by atoms with Crippen LogP contribution in [-0.4, -0.2) is 65.9 Å². The van der Waals surface area contributed by atoms with Gasteiger partial charge in [0, 0.05) is 73.5 Å². The Morgan fingerprint density at radius 3 is 2.71 bits per heavy atom. The zero-order valence-corrected chi connectivity index (χ0v) is 20.6. The lowest BCUT2D eigenvalue weighted by Crippen LogP contribution is -2.51. The predicted molar refractivity (Wildman–Crippen MR) is 136 cm³/mol. The molecule has 0 saturated carbocycles. The molecule has 2 fully saturated rings. The first-order valence-electron chi connectivity index (χ1n) is 12.0. The molecule has 178 valence electrons. The molecule has 3 heterocycles. The number of aromatic nitrogens is 1. The first kappa shape index (κ1) is 22.8. The fourth-order valence-corrected chi connectivity index (χ4v) is 5.44. The van der Waals surface area contributed by atoms with Crippen molar-refractivity contribution in [2.45, 2.75) is 26.7 Å². The molecule has 1 aromatic heterocycles. The van der Waals surface area contributed by atoms with Gasteiger partial charge in [-0.1, -0.05) is 23.7 Å². The van der Waals surface area contributed by atoms with Gasteiger partial charge in [0.2, 0.25) is 11.8 Å². The third-order valence-corrected chi connectivity index (χ3v) is 7.69. The Balaban J connectivity index is 1.16. The maximum absolute atomic E-state index is 13.2. The van der Waals surface area contributed by atoms with Gasteiger partial charge in [-0.15, -0.1) is 0 Å². The van der Waals surface area contributed by atoms with Crippen LogP contribution in [0.4, 0.5) is 5.69 Å². The maximum Gasteiger partial charge on any atom is 0.228 e. The minimum Gasteiger partial charge on any atom is -0.368 e. The molecular weight excluding hydrogens is 448 g/mol. The van der Waals surface area contributed by atoms with Crippen LogP contribution in [0.25, 0.3) is 10.9 Å². The molecule has 2 aromatic carbocycles. The Labute approximate surface area is 205 Å². The molecule has 2 aliphatic rings. The number of rotatable bonds is 5. The number of anilines is 1. The minimum atomic E-state index is -0.239. The van der Waals surface area contributed by atoms with Crippen LogP contribution in [0.5, 0.6) is 0 Å². The van der Waals surface area contributed by atoms with Crippen LogP contribution in [-0.2, 0) is 16.0 Å². The third kappa shape index (κ3) is 4.39. The van der Waals surface area contributed by atoms with Crippen molar-refractivity contribution in [3.63, 3.8) is 0 Å². The van der Waals surface area contributed by atoms with Crippen LogP contribution in [0.15, 0.2) is 42.6 Å². The number of aryl methyl sites for hydroxylation is 1. The van der Waals surface area contributed by atoms with Gasteiger partial charge in [0.25, 0.3) is 0 Å². The molecule has 0 radical (unpaired) electrons. The number of piperazine rings is 1. The van der Waals surface area contributed by atoms with Gasteiger partial charge >= 0.3 is 0 Å². The number of amides is 2. The largest absolute Gasteiger partial charge is 0.368 e. The number of nitrogens with zero attached hydrogens (tertiary/aromatic N) is 3. The monoisotopic (exact) mass is 478 g/mol. The van der Waals surface area contributed by atoms with Gasteiger partial charge in [0.15, 0.2) is 0 Å². The van der Waals surface area contributed by atoms with Crippen LogP contribution in [0, 0.1) is 19.8 Å². The topological polar surface area (TPSA) is 59.7 Å². The van der Waals surface area contributed by atoms with Crippen molar-refractivity contribution in [2.75, 3.05) is 44.2 Å². The first-order valence-corrected chi connectivity index (χ1v) is 12.4. The molecule has 5 rings (SSSR count). The Kier molecular flexibility index (Phi) is 6.26. The Hall–Kier alpha value is -2.99. The van der Waals surface area contributed by atoms with Crippen LogP contribution < -0.4 is 4.90 Å². The highest BCUT2D eigenvalue weighted by molar-refractivity contribution is 6.31. The van der Waals surface area contributed by atoms with E-state index in [1.54, 1.807) is 0 Å². The molecule has 3 aromatic rings. The van der Waals surface area contributed by atoms with E-state index in [1.165, 1.54) is 16.8 Å². The molecule has 6 nitrogen and oxygen atoms in total. The highest BCUT2D eigenvalue weighted by Crippen LogP contribution is 2.27. The summed E-state index contributed by atoms with van der Waals surface area (Å²) in [7, 11) is 0. The molecule has 2 amide bonds. The second kappa shape index (κ2) is 9.34. The highest BCUT2D eigenvalue weighted by atomic mass is 35.5. The van der Waals surface area contributed by atoms with Crippen molar-refractivity contribution in [1.82, 2.24) is 14.8 Å². The lowest BCUT2D eigenvalue weighted by atomic mass is 10.1. The van der Waals surface area contributed by atoms with E-state index < -0.39 is 0 Å². The average Bonchev–Trinajstić information content (AvgIpc) is 3.41. The van der Waals surface area contributed by atoms with E-state index in [4.69, 9.17) is 11.6 Å². The zero-order valence-electron chi connectivity index (χ0n) is 19.8. The summed E-state index contributed by atoms with van der Waals surface area (Å²) in [5.74, 6) is -0.0437. The quantitative estimate of drug-likeness (QED) is 0.598. The molecule has 1 atom stereocenters. The van der Waals surface area contributed by atoms with E-state index in [1.807, 2.05) is 34.2 Å². The molecule has 1 N–H and O–H groups in total. The van der Waals surface area contributed by atoms with E-state index >= 15 is 0 Å². The van der Waals surface area contributed by atoms with E-state index in [0.29, 0.717) is 37.6 Å². The molecule has 0 spiro atoms. The fraction of sp³-hybridized carbons (Fsp3) is 0.407. The van der Waals surface area contributed by atoms with E-state index in [9.17, 15) is 9.59 Å². The normalized spacial score (nSPS) is 18.9. The molecule has 0 unspecified atom stereocenters. The van der Waals surface area contributed by atoms with E-state index in [-0.39, 0.29) is 17.7 Å². The first-order chi connectivity index (χ1) is 16.4. The number of aromatic amines is 1. The molecule has 0 aliphatic carbocycles. The molecular formula is C27H31ClN4O2. The SMILES string of the molecule is Cc1cccc(N2CCN(C(=O)[C@@H]3CC(=O)N(CCc4c[nH]c5ccc(Cl)cc45)C3)CC2)c1C. The summed E-state index contributed by atoms with van der Waals surface area (Å²) in [5.41, 5.74) is 6.03. The van der Waals surface area contributed by atoms with Crippen LogP contribution >= 0.6 is 11.6 Å². The van der Waals surface area contributed by atoms with Gasteiger partial charge in [-0.05, 0) is 61.2 Å². The lowest BCUT2D eigenvalue weighted by molar-refractivity contribution is -0.136. The third-order valence-electron chi connectivity index (χ3n) is 7.45. The molecule has 2 saturated heterocycles. The van der Waals surface area contributed by atoms with Crippen molar-refractivity contribution in [3.05, 3.63) is 64.3 Å². The number of carbonyl (C=O) groups is 2. The van der Waals surface area contributed by atoms with Crippen molar-refractivity contribution in [1.29, 1.82) is 0 Å².